The second-order valence-electron chi connectivity index (χ2n) is 6.41. The number of benzene rings is 2. The molecule has 0 radical (unpaired) electrons. The first-order chi connectivity index (χ1) is 12.1. The van der Waals surface area contributed by atoms with Crippen LogP contribution in [-0.2, 0) is 4.79 Å². The Labute approximate surface area is 148 Å². The molecule has 0 unspecified atom stereocenters. The molecule has 3 rings (SSSR count). The smallest absolute Gasteiger partial charge is 0.234 e. The third kappa shape index (κ3) is 4.57. The van der Waals surface area contributed by atoms with Crippen LogP contribution in [0.5, 0.6) is 0 Å². The standard InChI is InChI=1S/C20H24FN3O/c1-16(17-7-3-2-4-8-17)22-20(25)15-23-11-13-24(14-12-23)19-10-6-5-9-18(19)21/h2-10,16H,11-15H2,1H3,(H,22,25)/t16-/m1/s1. The van der Waals surface area contributed by atoms with E-state index in [1.165, 1.54) is 6.07 Å². The summed E-state index contributed by atoms with van der Waals surface area (Å²) in [5.41, 5.74) is 1.74. The molecule has 0 bridgehead atoms. The second-order valence-corrected chi connectivity index (χ2v) is 6.41. The monoisotopic (exact) mass is 341 g/mol. The van der Waals surface area contributed by atoms with E-state index in [1.807, 2.05) is 48.2 Å². The maximum absolute atomic E-state index is 13.9. The van der Waals surface area contributed by atoms with Crippen LogP contribution in [0.15, 0.2) is 54.6 Å². The van der Waals surface area contributed by atoms with Crippen molar-refractivity contribution in [1.82, 2.24) is 10.2 Å². The van der Waals surface area contributed by atoms with Crippen LogP contribution in [0.2, 0.25) is 0 Å². The molecule has 0 spiro atoms. The Balaban J connectivity index is 1.47. The third-order valence-electron chi connectivity index (χ3n) is 4.61. The van der Waals surface area contributed by atoms with Gasteiger partial charge in [0.05, 0.1) is 18.3 Å². The zero-order chi connectivity index (χ0) is 17.6. The Kier molecular flexibility index (Phi) is 5.66. The van der Waals surface area contributed by atoms with Gasteiger partial charge < -0.3 is 10.2 Å². The summed E-state index contributed by atoms with van der Waals surface area (Å²) < 4.78 is 13.9. The fraction of sp³-hybridized carbons (Fsp3) is 0.350. The fourth-order valence-electron chi connectivity index (χ4n) is 3.17. The van der Waals surface area contributed by atoms with Crippen molar-refractivity contribution in [3.63, 3.8) is 0 Å². The zero-order valence-corrected chi connectivity index (χ0v) is 14.5. The van der Waals surface area contributed by atoms with Crippen molar-refractivity contribution in [2.24, 2.45) is 0 Å². The van der Waals surface area contributed by atoms with Crippen LogP contribution in [0.25, 0.3) is 0 Å². The highest BCUT2D eigenvalue weighted by Crippen LogP contribution is 2.20. The molecule has 0 saturated carbocycles. The molecule has 1 aliphatic rings. The molecule has 4 nitrogen and oxygen atoms in total. The van der Waals surface area contributed by atoms with Crippen molar-refractivity contribution in [2.75, 3.05) is 37.6 Å². The molecule has 1 N–H and O–H groups in total. The Morgan fingerprint density at radius 1 is 1.04 bits per heavy atom. The summed E-state index contributed by atoms with van der Waals surface area (Å²) in [4.78, 5) is 16.4. The average Bonchev–Trinajstić information content (AvgIpc) is 2.63. The van der Waals surface area contributed by atoms with Gasteiger partial charge in [-0.3, -0.25) is 9.69 Å². The van der Waals surface area contributed by atoms with Crippen molar-refractivity contribution in [1.29, 1.82) is 0 Å². The van der Waals surface area contributed by atoms with Gasteiger partial charge in [-0.1, -0.05) is 42.5 Å². The van der Waals surface area contributed by atoms with Gasteiger partial charge in [-0.05, 0) is 24.6 Å². The van der Waals surface area contributed by atoms with Gasteiger partial charge in [0.2, 0.25) is 5.91 Å². The Morgan fingerprint density at radius 3 is 2.36 bits per heavy atom. The van der Waals surface area contributed by atoms with Crippen LogP contribution in [0.4, 0.5) is 10.1 Å². The summed E-state index contributed by atoms with van der Waals surface area (Å²) in [6, 6.07) is 16.8. The van der Waals surface area contributed by atoms with Crippen molar-refractivity contribution >= 4 is 11.6 Å². The molecule has 1 saturated heterocycles. The predicted molar refractivity (Wildman–Crippen MR) is 98.1 cm³/mol. The van der Waals surface area contributed by atoms with E-state index in [-0.39, 0.29) is 17.8 Å². The minimum Gasteiger partial charge on any atom is -0.367 e. The number of nitrogens with zero attached hydrogens (tertiary/aromatic N) is 2. The van der Waals surface area contributed by atoms with Crippen LogP contribution in [0, 0.1) is 5.82 Å². The highest BCUT2D eigenvalue weighted by molar-refractivity contribution is 5.78. The lowest BCUT2D eigenvalue weighted by atomic mass is 10.1. The molecule has 25 heavy (non-hydrogen) atoms. The number of anilines is 1. The summed E-state index contributed by atoms with van der Waals surface area (Å²) in [7, 11) is 0. The summed E-state index contributed by atoms with van der Waals surface area (Å²) in [6.07, 6.45) is 0. The maximum Gasteiger partial charge on any atom is 0.234 e. The zero-order valence-electron chi connectivity index (χ0n) is 14.5. The van der Waals surface area contributed by atoms with Gasteiger partial charge in [-0.25, -0.2) is 4.39 Å². The van der Waals surface area contributed by atoms with E-state index in [0.717, 1.165) is 31.7 Å². The van der Waals surface area contributed by atoms with Crippen molar-refractivity contribution in [3.8, 4) is 0 Å². The van der Waals surface area contributed by atoms with E-state index < -0.39 is 0 Å². The second kappa shape index (κ2) is 8.12. The molecule has 0 aliphatic carbocycles. The number of nitrogens with one attached hydrogen (secondary N) is 1. The van der Waals surface area contributed by atoms with E-state index in [9.17, 15) is 9.18 Å². The normalized spacial score (nSPS) is 16.5. The highest BCUT2D eigenvalue weighted by Gasteiger charge is 2.21. The van der Waals surface area contributed by atoms with Crippen molar-refractivity contribution in [2.45, 2.75) is 13.0 Å². The molecular weight excluding hydrogens is 317 g/mol. The molecule has 132 valence electrons. The van der Waals surface area contributed by atoms with Gasteiger partial charge in [0, 0.05) is 26.2 Å². The number of carbonyl (C=O) groups excluding carboxylic acids is 1. The SMILES string of the molecule is C[C@@H](NC(=O)CN1CCN(c2ccccc2F)CC1)c1ccccc1. The first kappa shape index (κ1) is 17.4. The molecule has 5 heteroatoms. The van der Waals surface area contributed by atoms with Gasteiger partial charge in [0.15, 0.2) is 0 Å². The average molecular weight is 341 g/mol. The lowest BCUT2D eigenvalue weighted by Gasteiger charge is -2.36. The molecular formula is C20H24FN3O. The van der Waals surface area contributed by atoms with E-state index in [0.29, 0.717) is 12.2 Å². The largest absolute Gasteiger partial charge is 0.367 e. The highest BCUT2D eigenvalue weighted by atomic mass is 19.1. The fourth-order valence-corrected chi connectivity index (χ4v) is 3.17. The van der Waals surface area contributed by atoms with E-state index >= 15 is 0 Å². The molecule has 1 atom stereocenters. The quantitative estimate of drug-likeness (QED) is 0.908. The molecule has 0 aromatic heterocycles. The van der Waals surface area contributed by atoms with Crippen LogP contribution < -0.4 is 10.2 Å². The Bertz CT molecular complexity index is 699. The number of hydrogen-bond acceptors (Lipinski definition) is 3. The van der Waals surface area contributed by atoms with Gasteiger partial charge in [0.1, 0.15) is 5.82 Å². The summed E-state index contributed by atoms with van der Waals surface area (Å²) in [6.45, 7) is 5.32. The summed E-state index contributed by atoms with van der Waals surface area (Å²) in [5.74, 6) is -0.166. The molecule has 2 aromatic rings. The molecule has 1 heterocycles. The topological polar surface area (TPSA) is 35.6 Å². The van der Waals surface area contributed by atoms with E-state index in [2.05, 4.69) is 10.2 Å². The first-order valence-electron chi connectivity index (χ1n) is 8.69. The molecule has 2 aromatic carbocycles. The van der Waals surface area contributed by atoms with Gasteiger partial charge in [-0.15, -0.1) is 0 Å². The van der Waals surface area contributed by atoms with Crippen molar-refractivity contribution in [3.05, 3.63) is 66.0 Å². The molecule has 1 aliphatic heterocycles. The number of halogens is 1. The number of piperazine rings is 1. The number of carbonyl (C=O) groups is 1. The minimum absolute atomic E-state index is 0.00611. The predicted octanol–water partition coefficient (Wildman–Crippen LogP) is 2.83. The van der Waals surface area contributed by atoms with Crippen LogP contribution in [0.3, 0.4) is 0 Å². The summed E-state index contributed by atoms with van der Waals surface area (Å²) >= 11 is 0. The first-order valence-corrected chi connectivity index (χ1v) is 8.69. The van der Waals surface area contributed by atoms with Gasteiger partial charge in [0.25, 0.3) is 0 Å². The Hall–Kier alpha value is -2.40. The van der Waals surface area contributed by atoms with Gasteiger partial charge >= 0.3 is 0 Å². The maximum atomic E-state index is 13.9. The number of rotatable bonds is 5. The van der Waals surface area contributed by atoms with E-state index in [4.69, 9.17) is 0 Å². The number of amides is 1. The lowest BCUT2D eigenvalue weighted by Crippen LogP contribution is -2.49. The van der Waals surface area contributed by atoms with Crippen molar-refractivity contribution < 1.29 is 9.18 Å². The lowest BCUT2D eigenvalue weighted by molar-refractivity contribution is -0.123. The number of hydrogen-bond donors (Lipinski definition) is 1. The number of para-hydroxylation sites is 1. The van der Waals surface area contributed by atoms with Gasteiger partial charge in [-0.2, -0.15) is 0 Å². The van der Waals surface area contributed by atoms with Crippen LogP contribution in [0.1, 0.15) is 18.5 Å². The third-order valence-corrected chi connectivity index (χ3v) is 4.61. The molecule has 1 amide bonds. The minimum atomic E-state index is -0.189. The molecule has 1 fully saturated rings. The summed E-state index contributed by atoms with van der Waals surface area (Å²) in [5, 5.41) is 3.04. The van der Waals surface area contributed by atoms with E-state index in [1.54, 1.807) is 12.1 Å². The van der Waals surface area contributed by atoms with Crippen LogP contribution in [-0.4, -0.2) is 43.5 Å². The Morgan fingerprint density at radius 2 is 1.68 bits per heavy atom. The van der Waals surface area contributed by atoms with Crippen LogP contribution >= 0.6 is 0 Å².